The Morgan fingerprint density at radius 2 is 2.41 bits per heavy atom. The number of carbonyl (C=O) groups is 1. The van der Waals surface area contributed by atoms with Gasteiger partial charge in [-0.1, -0.05) is 0 Å². The summed E-state index contributed by atoms with van der Waals surface area (Å²) in [4.78, 5) is 26.7. The van der Waals surface area contributed by atoms with Gasteiger partial charge in [0.25, 0.3) is 5.69 Å². The number of rotatable bonds is 3. The molecule has 2 heterocycles. The SMILES string of the molecule is O=C(O)C1CCN(c2cc([N+](=O)[O-])ccn2)C1. The molecule has 2 rings (SSSR count). The molecule has 90 valence electrons. The number of carboxylic acids is 1. The molecule has 0 aliphatic carbocycles. The van der Waals surface area contributed by atoms with Crippen molar-refractivity contribution in [1.82, 2.24) is 4.98 Å². The zero-order valence-electron chi connectivity index (χ0n) is 8.94. The second-order valence-corrected chi connectivity index (χ2v) is 3.90. The van der Waals surface area contributed by atoms with Gasteiger partial charge in [-0.15, -0.1) is 0 Å². The maximum absolute atomic E-state index is 10.8. The van der Waals surface area contributed by atoms with Crippen molar-refractivity contribution in [2.75, 3.05) is 18.0 Å². The smallest absolute Gasteiger partial charge is 0.308 e. The molecule has 1 aliphatic rings. The van der Waals surface area contributed by atoms with Gasteiger partial charge in [0.1, 0.15) is 5.82 Å². The van der Waals surface area contributed by atoms with E-state index in [1.165, 1.54) is 18.3 Å². The second-order valence-electron chi connectivity index (χ2n) is 3.90. The van der Waals surface area contributed by atoms with E-state index in [-0.39, 0.29) is 5.69 Å². The Morgan fingerprint density at radius 1 is 1.65 bits per heavy atom. The van der Waals surface area contributed by atoms with Crippen LogP contribution in [-0.4, -0.2) is 34.1 Å². The van der Waals surface area contributed by atoms with Crippen LogP contribution in [0.5, 0.6) is 0 Å². The van der Waals surface area contributed by atoms with Crippen molar-refractivity contribution >= 4 is 17.5 Å². The summed E-state index contributed by atoms with van der Waals surface area (Å²) in [5.74, 6) is -0.794. The molecule has 7 heteroatoms. The van der Waals surface area contributed by atoms with Crippen molar-refractivity contribution in [3.05, 3.63) is 28.4 Å². The molecule has 1 saturated heterocycles. The van der Waals surface area contributed by atoms with E-state index in [2.05, 4.69) is 4.98 Å². The van der Waals surface area contributed by atoms with Crippen molar-refractivity contribution in [2.45, 2.75) is 6.42 Å². The van der Waals surface area contributed by atoms with E-state index in [1.807, 2.05) is 0 Å². The third-order valence-electron chi connectivity index (χ3n) is 2.80. The van der Waals surface area contributed by atoms with Crippen LogP contribution in [0.2, 0.25) is 0 Å². The van der Waals surface area contributed by atoms with Crippen LogP contribution in [0.25, 0.3) is 0 Å². The first-order valence-corrected chi connectivity index (χ1v) is 5.16. The highest BCUT2D eigenvalue weighted by Gasteiger charge is 2.29. The molecule has 7 nitrogen and oxygen atoms in total. The van der Waals surface area contributed by atoms with E-state index in [1.54, 1.807) is 4.90 Å². The van der Waals surface area contributed by atoms with Crippen LogP contribution in [0.3, 0.4) is 0 Å². The Balaban J connectivity index is 2.16. The first-order valence-electron chi connectivity index (χ1n) is 5.16. The molecule has 1 unspecified atom stereocenters. The number of aromatic nitrogens is 1. The van der Waals surface area contributed by atoms with Crippen molar-refractivity contribution in [3.63, 3.8) is 0 Å². The van der Waals surface area contributed by atoms with Gasteiger partial charge < -0.3 is 10.0 Å². The fraction of sp³-hybridized carbons (Fsp3) is 0.400. The van der Waals surface area contributed by atoms with Gasteiger partial charge in [0.2, 0.25) is 0 Å². The molecule has 17 heavy (non-hydrogen) atoms. The van der Waals surface area contributed by atoms with Crippen LogP contribution in [0.15, 0.2) is 18.3 Å². The Hall–Kier alpha value is -2.18. The maximum atomic E-state index is 10.8. The minimum atomic E-state index is -0.835. The maximum Gasteiger partial charge on any atom is 0.308 e. The lowest BCUT2D eigenvalue weighted by molar-refractivity contribution is -0.384. The fourth-order valence-electron chi connectivity index (χ4n) is 1.86. The highest BCUT2D eigenvalue weighted by Crippen LogP contribution is 2.24. The molecule has 0 saturated carbocycles. The van der Waals surface area contributed by atoms with Gasteiger partial charge in [-0.3, -0.25) is 14.9 Å². The molecule has 0 amide bonds. The highest BCUT2D eigenvalue weighted by atomic mass is 16.6. The van der Waals surface area contributed by atoms with Crippen LogP contribution in [0.4, 0.5) is 11.5 Å². The van der Waals surface area contributed by atoms with E-state index < -0.39 is 16.8 Å². The molecule has 1 aromatic rings. The number of nitrogens with zero attached hydrogens (tertiary/aromatic N) is 3. The molecule has 1 aromatic heterocycles. The first-order chi connectivity index (χ1) is 8.08. The topological polar surface area (TPSA) is 96.6 Å². The summed E-state index contributed by atoms with van der Waals surface area (Å²) < 4.78 is 0. The van der Waals surface area contributed by atoms with E-state index in [0.717, 1.165) is 0 Å². The number of hydrogen-bond donors (Lipinski definition) is 1. The summed E-state index contributed by atoms with van der Waals surface area (Å²) in [6.45, 7) is 0.911. The summed E-state index contributed by atoms with van der Waals surface area (Å²) in [6.07, 6.45) is 1.90. The number of pyridine rings is 1. The lowest BCUT2D eigenvalue weighted by Crippen LogP contribution is -2.23. The third-order valence-corrected chi connectivity index (χ3v) is 2.80. The van der Waals surface area contributed by atoms with Gasteiger partial charge in [0.15, 0.2) is 0 Å². The number of carboxylic acid groups (broad SMARTS) is 1. The Bertz CT molecular complexity index is 463. The van der Waals surface area contributed by atoms with Crippen molar-refractivity contribution < 1.29 is 14.8 Å². The molecule has 1 N–H and O–H groups in total. The largest absolute Gasteiger partial charge is 0.481 e. The van der Waals surface area contributed by atoms with Gasteiger partial charge in [-0.25, -0.2) is 4.98 Å². The van der Waals surface area contributed by atoms with Crippen LogP contribution < -0.4 is 4.90 Å². The normalized spacial score (nSPS) is 19.3. The van der Waals surface area contributed by atoms with Gasteiger partial charge in [0.05, 0.1) is 16.9 Å². The summed E-state index contributed by atoms with van der Waals surface area (Å²) >= 11 is 0. The molecular formula is C10H11N3O4. The minimum Gasteiger partial charge on any atom is -0.481 e. The summed E-state index contributed by atoms with van der Waals surface area (Å²) in [5, 5.41) is 19.5. The minimum absolute atomic E-state index is 0.0335. The van der Waals surface area contributed by atoms with Gasteiger partial charge in [-0.05, 0) is 6.42 Å². The average Bonchev–Trinajstić information content (AvgIpc) is 2.78. The number of hydrogen-bond acceptors (Lipinski definition) is 5. The third kappa shape index (κ3) is 2.32. The lowest BCUT2D eigenvalue weighted by atomic mass is 10.1. The predicted molar refractivity (Wildman–Crippen MR) is 58.8 cm³/mol. The molecule has 1 atom stereocenters. The van der Waals surface area contributed by atoms with Crippen molar-refractivity contribution in [3.8, 4) is 0 Å². The van der Waals surface area contributed by atoms with Crippen LogP contribution in [0, 0.1) is 16.0 Å². The standard InChI is InChI=1S/C10H11N3O4/c14-10(15)7-2-4-12(6-7)9-5-8(13(16)17)1-3-11-9/h1,3,5,7H,2,4,6H2,(H,14,15). The summed E-state index contributed by atoms with van der Waals surface area (Å²) in [6, 6.07) is 2.68. The zero-order chi connectivity index (χ0) is 12.4. The number of anilines is 1. The average molecular weight is 237 g/mol. The zero-order valence-corrected chi connectivity index (χ0v) is 8.94. The van der Waals surface area contributed by atoms with E-state index >= 15 is 0 Å². The summed E-state index contributed by atoms with van der Waals surface area (Å²) in [5.41, 5.74) is -0.0335. The monoisotopic (exact) mass is 237 g/mol. The van der Waals surface area contributed by atoms with Gasteiger partial charge in [-0.2, -0.15) is 0 Å². The van der Waals surface area contributed by atoms with Gasteiger partial charge in [0, 0.05) is 25.4 Å². The van der Waals surface area contributed by atoms with Crippen molar-refractivity contribution in [1.29, 1.82) is 0 Å². The summed E-state index contributed by atoms with van der Waals surface area (Å²) in [7, 11) is 0. The number of nitro groups is 1. The van der Waals surface area contributed by atoms with E-state index in [9.17, 15) is 14.9 Å². The molecule has 0 radical (unpaired) electrons. The molecule has 0 spiro atoms. The molecular weight excluding hydrogens is 226 g/mol. The first kappa shape index (κ1) is 11.3. The Kier molecular flexibility index (Phi) is 2.90. The molecule has 0 aromatic carbocycles. The van der Waals surface area contributed by atoms with Crippen LogP contribution in [0.1, 0.15) is 6.42 Å². The lowest BCUT2D eigenvalue weighted by Gasteiger charge is -2.15. The molecule has 0 bridgehead atoms. The molecule has 1 fully saturated rings. The van der Waals surface area contributed by atoms with Gasteiger partial charge >= 0.3 is 5.97 Å². The van der Waals surface area contributed by atoms with E-state index in [4.69, 9.17) is 5.11 Å². The van der Waals surface area contributed by atoms with Crippen LogP contribution in [-0.2, 0) is 4.79 Å². The van der Waals surface area contributed by atoms with Crippen molar-refractivity contribution in [2.24, 2.45) is 5.92 Å². The van der Waals surface area contributed by atoms with E-state index in [0.29, 0.717) is 25.3 Å². The predicted octanol–water partition coefficient (Wildman–Crippen LogP) is 0.901. The Labute approximate surface area is 96.8 Å². The molecule has 1 aliphatic heterocycles. The second kappa shape index (κ2) is 4.36. The highest BCUT2D eigenvalue weighted by molar-refractivity contribution is 5.72. The quantitative estimate of drug-likeness (QED) is 0.619. The fourth-order valence-corrected chi connectivity index (χ4v) is 1.86. The number of aliphatic carboxylic acids is 1. The van der Waals surface area contributed by atoms with Crippen LogP contribution >= 0.6 is 0 Å². The Morgan fingerprint density at radius 3 is 3.00 bits per heavy atom.